The Morgan fingerprint density at radius 2 is 1.70 bits per heavy atom. The third kappa shape index (κ3) is 5.98. The zero-order chi connectivity index (χ0) is 26.7. The van der Waals surface area contributed by atoms with Crippen LogP contribution in [0.5, 0.6) is 0 Å². The molecule has 0 aliphatic carbocycles. The number of aliphatic hydroxyl groups excluding tert-OH is 1. The van der Waals surface area contributed by atoms with Crippen molar-refractivity contribution in [1.29, 1.82) is 0 Å². The third-order valence-corrected chi connectivity index (χ3v) is 7.96. The van der Waals surface area contributed by atoms with E-state index in [1.807, 2.05) is 31.2 Å². The molecule has 0 radical (unpaired) electrons. The monoisotopic (exact) mass is 512 g/mol. The predicted molar refractivity (Wildman–Crippen MR) is 140 cm³/mol. The molecule has 1 aromatic carbocycles. The molecule has 3 heterocycles. The number of amides is 3. The van der Waals surface area contributed by atoms with E-state index in [1.165, 1.54) is 17.7 Å². The summed E-state index contributed by atoms with van der Waals surface area (Å²) in [6, 6.07) is 6.72. The molecule has 2 N–H and O–H groups in total. The number of carbonyl (C=O) groups excluding carboxylic acids is 4. The van der Waals surface area contributed by atoms with Gasteiger partial charge in [-0.2, -0.15) is 0 Å². The zero-order valence-electron chi connectivity index (χ0n) is 22.2. The van der Waals surface area contributed by atoms with Crippen LogP contribution in [0.25, 0.3) is 0 Å². The highest BCUT2D eigenvalue weighted by atomic mass is 16.3. The molecule has 3 saturated heterocycles. The van der Waals surface area contributed by atoms with Gasteiger partial charge in [-0.15, -0.1) is 0 Å². The van der Waals surface area contributed by atoms with Gasteiger partial charge in [-0.3, -0.25) is 19.2 Å². The number of fused-ring (bicyclic) bond motifs is 1. The van der Waals surface area contributed by atoms with E-state index in [2.05, 4.69) is 10.2 Å². The van der Waals surface area contributed by atoms with Gasteiger partial charge < -0.3 is 25.1 Å². The first-order chi connectivity index (χ1) is 17.7. The van der Waals surface area contributed by atoms with Crippen molar-refractivity contribution in [2.24, 2.45) is 11.8 Å². The topological polar surface area (TPSA) is 110 Å². The number of nitrogens with one attached hydrogen (secondary N) is 1. The van der Waals surface area contributed by atoms with Crippen LogP contribution in [0.3, 0.4) is 0 Å². The van der Waals surface area contributed by atoms with Gasteiger partial charge in [0.25, 0.3) is 11.8 Å². The summed E-state index contributed by atoms with van der Waals surface area (Å²) in [7, 11) is 0. The molecular weight excluding hydrogens is 472 g/mol. The van der Waals surface area contributed by atoms with E-state index < -0.39 is 18.1 Å². The normalized spacial score (nSPS) is 22.9. The van der Waals surface area contributed by atoms with E-state index in [0.29, 0.717) is 31.5 Å². The summed E-state index contributed by atoms with van der Waals surface area (Å²) in [6.45, 7) is 8.45. The molecule has 4 unspecified atom stereocenters. The Labute approximate surface area is 219 Å². The minimum Gasteiger partial charge on any atom is -0.383 e. The molecule has 0 aromatic heterocycles. The van der Waals surface area contributed by atoms with Gasteiger partial charge in [-0.05, 0) is 61.8 Å². The van der Waals surface area contributed by atoms with Gasteiger partial charge in [0.15, 0.2) is 5.78 Å². The molecule has 3 aliphatic heterocycles. The van der Waals surface area contributed by atoms with Crippen molar-refractivity contribution >= 4 is 29.2 Å². The van der Waals surface area contributed by atoms with Gasteiger partial charge >= 0.3 is 0 Å². The van der Waals surface area contributed by atoms with Crippen molar-refractivity contribution in [1.82, 2.24) is 15.1 Å². The molecule has 9 heteroatoms. The molecule has 202 valence electrons. The Balaban J connectivity index is 1.23. The van der Waals surface area contributed by atoms with Crippen LogP contribution in [0, 0.1) is 11.8 Å². The van der Waals surface area contributed by atoms with Crippen molar-refractivity contribution in [2.75, 3.05) is 37.6 Å². The van der Waals surface area contributed by atoms with E-state index >= 15 is 0 Å². The van der Waals surface area contributed by atoms with Crippen LogP contribution in [-0.2, 0) is 14.4 Å². The van der Waals surface area contributed by atoms with Crippen molar-refractivity contribution in [3.05, 3.63) is 29.8 Å². The fourth-order valence-electron chi connectivity index (χ4n) is 5.70. The quantitative estimate of drug-likeness (QED) is 0.522. The van der Waals surface area contributed by atoms with Crippen LogP contribution < -0.4 is 10.2 Å². The van der Waals surface area contributed by atoms with Crippen LogP contribution in [0.4, 0.5) is 5.69 Å². The summed E-state index contributed by atoms with van der Waals surface area (Å²) in [5.41, 5.74) is 1.77. The molecule has 3 aliphatic rings. The van der Waals surface area contributed by atoms with Crippen LogP contribution in [-0.4, -0.2) is 89.3 Å². The number of aliphatic hydroxyl groups is 1. The largest absolute Gasteiger partial charge is 0.383 e. The molecule has 3 amide bonds. The van der Waals surface area contributed by atoms with Crippen LogP contribution in [0.1, 0.15) is 63.2 Å². The van der Waals surface area contributed by atoms with E-state index in [0.717, 1.165) is 18.8 Å². The molecule has 37 heavy (non-hydrogen) atoms. The molecule has 1 aromatic rings. The van der Waals surface area contributed by atoms with Gasteiger partial charge in [-0.1, -0.05) is 20.8 Å². The minimum absolute atomic E-state index is 0.0291. The van der Waals surface area contributed by atoms with Gasteiger partial charge in [0.05, 0.1) is 12.6 Å². The van der Waals surface area contributed by atoms with Crippen molar-refractivity contribution < 1.29 is 24.3 Å². The maximum Gasteiger partial charge on any atom is 0.252 e. The number of Topliss-reactive ketones (excluding diaryl/α,β-unsaturated/α-hetero) is 1. The van der Waals surface area contributed by atoms with Gasteiger partial charge in [-0.25, -0.2) is 0 Å². The average Bonchev–Trinajstić information content (AvgIpc) is 3.62. The standard InChI is InChI=1S/C28H40N4O5/c1-18(2)26(35)28(37)32-17-23(33)25-22(32)11-15-31(25)24(34)16-19(3)10-12-29-27(36)20-6-8-21(9-7-20)30-13-4-5-14-30/h6-9,18-19,22,25-26,35H,4-5,10-17H2,1-3H3,(H,29,36). The fourth-order valence-corrected chi connectivity index (χ4v) is 5.70. The van der Waals surface area contributed by atoms with E-state index in [9.17, 15) is 24.3 Å². The Morgan fingerprint density at radius 3 is 2.35 bits per heavy atom. The van der Waals surface area contributed by atoms with E-state index in [-0.39, 0.29) is 48.4 Å². The predicted octanol–water partition coefficient (Wildman–Crippen LogP) is 1.83. The van der Waals surface area contributed by atoms with Gasteiger partial charge in [0.2, 0.25) is 5.91 Å². The maximum atomic E-state index is 13.1. The molecule has 9 nitrogen and oxygen atoms in total. The maximum absolute atomic E-state index is 13.1. The minimum atomic E-state index is -1.14. The summed E-state index contributed by atoms with van der Waals surface area (Å²) in [4.78, 5) is 56.4. The molecule has 4 atom stereocenters. The lowest BCUT2D eigenvalue weighted by Gasteiger charge is -2.27. The number of anilines is 1. The van der Waals surface area contributed by atoms with Crippen molar-refractivity contribution in [2.45, 2.75) is 71.1 Å². The number of benzene rings is 1. The summed E-state index contributed by atoms with van der Waals surface area (Å²) in [6.07, 6.45) is 2.73. The Morgan fingerprint density at radius 1 is 1.03 bits per heavy atom. The van der Waals surface area contributed by atoms with Gasteiger partial charge in [0.1, 0.15) is 12.1 Å². The summed E-state index contributed by atoms with van der Waals surface area (Å²) in [5.74, 6) is -1.01. The highest BCUT2D eigenvalue weighted by Gasteiger charge is 2.52. The van der Waals surface area contributed by atoms with Crippen molar-refractivity contribution in [3.8, 4) is 0 Å². The second-order valence-corrected chi connectivity index (χ2v) is 11.1. The molecule has 0 saturated carbocycles. The van der Waals surface area contributed by atoms with Crippen LogP contribution in [0.15, 0.2) is 24.3 Å². The lowest BCUT2D eigenvalue weighted by molar-refractivity contribution is -0.144. The SMILES string of the molecule is CC(CCNC(=O)c1ccc(N2CCCC2)cc1)CC(=O)N1CCC2C1C(=O)CN2C(=O)C(O)C(C)C. The first kappa shape index (κ1) is 27.1. The number of carbonyl (C=O) groups is 4. The highest BCUT2D eigenvalue weighted by molar-refractivity contribution is 5.98. The molecular formula is C28H40N4O5. The van der Waals surface area contributed by atoms with E-state index in [1.54, 1.807) is 18.7 Å². The van der Waals surface area contributed by atoms with Crippen LogP contribution >= 0.6 is 0 Å². The first-order valence-electron chi connectivity index (χ1n) is 13.6. The summed E-state index contributed by atoms with van der Waals surface area (Å²) >= 11 is 0. The highest BCUT2D eigenvalue weighted by Crippen LogP contribution is 2.31. The van der Waals surface area contributed by atoms with Gasteiger partial charge in [0, 0.05) is 43.9 Å². The number of nitrogens with zero attached hydrogens (tertiary/aromatic N) is 3. The smallest absolute Gasteiger partial charge is 0.252 e. The summed E-state index contributed by atoms with van der Waals surface area (Å²) < 4.78 is 0. The lowest BCUT2D eigenvalue weighted by Crippen LogP contribution is -2.46. The molecule has 0 spiro atoms. The van der Waals surface area contributed by atoms with Crippen molar-refractivity contribution in [3.63, 3.8) is 0 Å². The number of ketones is 1. The first-order valence-corrected chi connectivity index (χ1v) is 13.6. The fraction of sp³-hybridized carbons (Fsp3) is 0.643. The Bertz CT molecular complexity index is 1000. The third-order valence-electron chi connectivity index (χ3n) is 7.96. The molecule has 0 bridgehead atoms. The molecule has 4 rings (SSSR count). The Hall–Kier alpha value is -2.94. The van der Waals surface area contributed by atoms with Crippen LogP contribution in [0.2, 0.25) is 0 Å². The number of rotatable bonds is 9. The lowest BCUT2D eigenvalue weighted by atomic mass is 10.0. The van der Waals surface area contributed by atoms with E-state index in [4.69, 9.17) is 0 Å². The number of hydrogen-bond acceptors (Lipinski definition) is 6. The molecule has 3 fully saturated rings. The second kappa shape index (κ2) is 11.6. The number of hydrogen-bond donors (Lipinski definition) is 2. The average molecular weight is 513 g/mol. The summed E-state index contributed by atoms with van der Waals surface area (Å²) in [5, 5.41) is 13.1. The number of likely N-dealkylation sites (tertiary alicyclic amines) is 2. The zero-order valence-corrected chi connectivity index (χ0v) is 22.2. The second-order valence-electron chi connectivity index (χ2n) is 11.1. The Kier molecular flexibility index (Phi) is 8.52.